The predicted octanol–water partition coefficient (Wildman–Crippen LogP) is 4.68. The predicted molar refractivity (Wildman–Crippen MR) is 158 cm³/mol. The van der Waals surface area contributed by atoms with Gasteiger partial charge in [-0.15, -0.1) is 0 Å². The fourth-order valence-electron chi connectivity index (χ4n) is 4.72. The largest absolute Gasteiger partial charge is 0.492 e. The molecule has 5 rings (SSSR count). The molecule has 2 aromatic carbocycles. The summed E-state index contributed by atoms with van der Waals surface area (Å²) in [5.41, 5.74) is 19.3. The number of aromatic nitrogens is 1. The molecule has 40 heavy (non-hydrogen) atoms. The minimum atomic E-state index is -0.126. The Hall–Kier alpha value is -4.53. The third-order valence-corrected chi connectivity index (χ3v) is 6.71. The van der Waals surface area contributed by atoms with E-state index in [-0.39, 0.29) is 6.04 Å². The molecule has 0 spiro atoms. The first-order chi connectivity index (χ1) is 19.6. The second-order valence-electron chi connectivity index (χ2n) is 9.51. The lowest BCUT2D eigenvalue weighted by Crippen LogP contribution is -2.30. The number of benzene rings is 2. The molecule has 0 radical (unpaired) electrons. The van der Waals surface area contributed by atoms with Gasteiger partial charge < -0.3 is 35.3 Å². The molecule has 0 amide bonds. The Morgan fingerprint density at radius 3 is 2.60 bits per heavy atom. The summed E-state index contributed by atoms with van der Waals surface area (Å²) in [6.07, 6.45) is 14.3. The Kier molecular flexibility index (Phi) is 8.49. The first-order valence-corrected chi connectivity index (χ1v) is 13.1. The van der Waals surface area contributed by atoms with Crippen LogP contribution < -0.4 is 30.6 Å². The van der Waals surface area contributed by atoms with E-state index in [1.807, 2.05) is 71.9 Å². The van der Waals surface area contributed by atoms with Crippen molar-refractivity contribution >= 4 is 17.5 Å². The lowest BCUT2D eigenvalue weighted by molar-refractivity contribution is 0.144. The zero-order valence-corrected chi connectivity index (χ0v) is 22.7. The number of allylic oxidation sites excluding steroid dienone is 4. The van der Waals surface area contributed by atoms with Crippen molar-refractivity contribution in [2.24, 2.45) is 11.5 Å². The summed E-state index contributed by atoms with van der Waals surface area (Å²) in [5.74, 6) is 1.93. The van der Waals surface area contributed by atoms with E-state index in [1.54, 1.807) is 26.6 Å². The molecule has 1 aromatic heterocycles. The lowest BCUT2D eigenvalue weighted by atomic mass is 9.98. The molecule has 2 heterocycles. The minimum absolute atomic E-state index is 0.126. The van der Waals surface area contributed by atoms with E-state index in [0.29, 0.717) is 42.8 Å². The molecular weight excluding hydrogens is 504 g/mol. The molecule has 0 unspecified atom stereocenters. The Balaban J connectivity index is 1.34. The molecule has 8 nitrogen and oxygen atoms in total. The quantitative estimate of drug-likeness (QED) is 0.339. The van der Waals surface area contributed by atoms with Crippen LogP contribution in [0.1, 0.15) is 16.7 Å². The Morgan fingerprint density at radius 2 is 1.80 bits per heavy atom. The highest BCUT2D eigenvalue weighted by atomic mass is 16.5. The summed E-state index contributed by atoms with van der Waals surface area (Å²) in [6.45, 7) is 1.29. The van der Waals surface area contributed by atoms with Crippen molar-refractivity contribution in [2.45, 2.75) is 12.5 Å². The summed E-state index contributed by atoms with van der Waals surface area (Å²) in [5, 5.41) is 0. The summed E-state index contributed by atoms with van der Waals surface area (Å²) in [4.78, 5) is 6.38. The number of fused-ring (bicyclic) bond motifs is 2. The van der Waals surface area contributed by atoms with E-state index in [2.05, 4.69) is 17.1 Å². The van der Waals surface area contributed by atoms with Crippen LogP contribution in [0.15, 0.2) is 96.6 Å². The van der Waals surface area contributed by atoms with Crippen molar-refractivity contribution in [3.05, 3.63) is 113 Å². The summed E-state index contributed by atoms with van der Waals surface area (Å²) in [7, 11) is 3.27. The maximum Gasteiger partial charge on any atom is 0.168 e. The number of rotatable bonds is 11. The topological polar surface area (TPSA) is 105 Å². The third kappa shape index (κ3) is 6.03. The van der Waals surface area contributed by atoms with Crippen LogP contribution in [0, 0.1) is 0 Å². The number of nitrogens with zero attached hydrogens (tertiary/aromatic N) is 2. The highest BCUT2D eigenvalue weighted by Gasteiger charge is 2.22. The molecule has 0 saturated carbocycles. The lowest BCUT2D eigenvalue weighted by Gasteiger charge is -2.23. The first-order valence-electron chi connectivity index (χ1n) is 13.1. The molecule has 8 heteroatoms. The van der Waals surface area contributed by atoms with Crippen molar-refractivity contribution in [3.8, 4) is 17.2 Å². The van der Waals surface area contributed by atoms with Crippen LogP contribution in [-0.4, -0.2) is 45.1 Å². The van der Waals surface area contributed by atoms with Crippen LogP contribution >= 0.6 is 0 Å². The Labute approximate surface area is 234 Å². The van der Waals surface area contributed by atoms with Crippen molar-refractivity contribution in [1.82, 2.24) is 4.98 Å². The van der Waals surface area contributed by atoms with Crippen LogP contribution in [0.5, 0.6) is 17.2 Å². The molecule has 3 aromatic rings. The molecule has 206 valence electrons. The second-order valence-corrected chi connectivity index (χ2v) is 9.51. The van der Waals surface area contributed by atoms with Crippen LogP contribution in [0.2, 0.25) is 0 Å². The minimum Gasteiger partial charge on any atom is -0.492 e. The van der Waals surface area contributed by atoms with Gasteiger partial charge in [0.2, 0.25) is 0 Å². The molecule has 0 bridgehead atoms. The summed E-state index contributed by atoms with van der Waals surface area (Å²) in [6, 6.07) is 15.8. The monoisotopic (exact) mass is 538 g/mol. The fourth-order valence-corrected chi connectivity index (χ4v) is 4.72. The SMILES string of the molecule is COCCOc1ccc2c(c1OC)C=CC1=CN(c3cncc(OC[C@H](N)Cc4ccccc4)c3)C=CC1=C2N. The molecule has 4 N–H and O–H groups in total. The number of hydrogen-bond donors (Lipinski definition) is 2. The zero-order valence-electron chi connectivity index (χ0n) is 22.7. The summed E-state index contributed by atoms with van der Waals surface area (Å²) >= 11 is 0. The van der Waals surface area contributed by atoms with Gasteiger partial charge >= 0.3 is 0 Å². The van der Waals surface area contributed by atoms with Gasteiger partial charge in [-0.3, -0.25) is 4.98 Å². The Bertz CT molecular complexity index is 1460. The van der Waals surface area contributed by atoms with E-state index >= 15 is 0 Å². The molecule has 1 atom stereocenters. The summed E-state index contributed by atoms with van der Waals surface area (Å²) < 4.78 is 22.7. The van der Waals surface area contributed by atoms with Crippen LogP contribution in [0.25, 0.3) is 11.8 Å². The zero-order chi connectivity index (χ0) is 27.9. The Morgan fingerprint density at radius 1 is 0.950 bits per heavy atom. The fraction of sp³-hybridized carbons (Fsp3) is 0.219. The van der Waals surface area contributed by atoms with Crippen molar-refractivity contribution in [1.29, 1.82) is 0 Å². The molecule has 2 aliphatic rings. The maximum absolute atomic E-state index is 6.70. The second kappa shape index (κ2) is 12.5. The van der Waals surface area contributed by atoms with Gasteiger partial charge in [-0.1, -0.05) is 36.4 Å². The van der Waals surface area contributed by atoms with Crippen LogP contribution in [0.3, 0.4) is 0 Å². The van der Waals surface area contributed by atoms with Gasteiger partial charge in [-0.25, -0.2) is 0 Å². The number of ether oxygens (including phenoxy) is 4. The van der Waals surface area contributed by atoms with E-state index < -0.39 is 0 Å². The van der Waals surface area contributed by atoms with E-state index in [1.165, 1.54) is 5.56 Å². The highest BCUT2D eigenvalue weighted by Crippen LogP contribution is 2.41. The average Bonchev–Trinajstić information content (AvgIpc) is 3.12. The molecular formula is C32H34N4O4. The van der Waals surface area contributed by atoms with Crippen molar-refractivity contribution in [2.75, 3.05) is 38.9 Å². The van der Waals surface area contributed by atoms with E-state index in [4.69, 9.17) is 30.4 Å². The van der Waals surface area contributed by atoms with Crippen LogP contribution in [0.4, 0.5) is 5.69 Å². The third-order valence-electron chi connectivity index (χ3n) is 6.71. The average molecular weight is 539 g/mol. The number of anilines is 1. The van der Waals surface area contributed by atoms with Crippen molar-refractivity contribution in [3.63, 3.8) is 0 Å². The number of methoxy groups -OCH3 is 2. The first kappa shape index (κ1) is 27.1. The van der Waals surface area contributed by atoms with Crippen LogP contribution in [-0.2, 0) is 11.2 Å². The molecule has 0 fully saturated rings. The molecule has 1 aliphatic heterocycles. The van der Waals surface area contributed by atoms with E-state index in [0.717, 1.165) is 34.4 Å². The number of hydrogen-bond acceptors (Lipinski definition) is 8. The number of nitrogens with two attached hydrogens (primary N) is 2. The number of pyridine rings is 1. The van der Waals surface area contributed by atoms with Gasteiger partial charge in [0.25, 0.3) is 0 Å². The van der Waals surface area contributed by atoms with Gasteiger partial charge in [0.15, 0.2) is 11.5 Å². The standard InChI is InChI=1S/C32H34N4O4/c1-37-14-15-39-30-11-10-28-29(32(30)38-2)9-8-23-20-36(13-12-27(23)31(28)34)25-17-26(19-35-18-25)40-21-24(33)16-22-6-4-3-5-7-22/h3-13,17-20,24H,14-16,21,33-34H2,1-2H3/t24-/m1/s1. The molecule has 0 saturated heterocycles. The van der Waals surface area contributed by atoms with Gasteiger partial charge in [-0.2, -0.15) is 0 Å². The van der Waals surface area contributed by atoms with Gasteiger partial charge in [0.05, 0.1) is 31.8 Å². The van der Waals surface area contributed by atoms with E-state index in [9.17, 15) is 0 Å². The smallest absolute Gasteiger partial charge is 0.168 e. The van der Waals surface area contributed by atoms with Gasteiger partial charge in [-0.05, 0) is 36.3 Å². The normalized spacial score (nSPS) is 14.7. The van der Waals surface area contributed by atoms with Crippen molar-refractivity contribution < 1.29 is 18.9 Å². The van der Waals surface area contributed by atoms with Gasteiger partial charge in [0.1, 0.15) is 19.0 Å². The highest BCUT2D eigenvalue weighted by molar-refractivity contribution is 5.87. The maximum atomic E-state index is 6.70. The molecule has 1 aliphatic carbocycles. The van der Waals surface area contributed by atoms with Gasteiger partial charge in [0, 0.05) is 59.6 Å².